The average molecular weight is 384 g/mol. The number of aromatic nitrogens is 2. The molecule has 1 aromatic heterocycles. The molecule has 7 heteroatoms. The fourth-order valence-corrected chi connectivity index (χ4v) is 3.70. The highest BCUT2D eigenvalue weighted by Crippen LogP contribution is 2.23. The Balaban J connectivity index is 1.68. The molecular weight excluding hydrogens is 356 g/mol. The van der Waals surface area contributed by atoms with Crippen LogP contribution in [-0.2, 0) is 24.8 Å². The molecule has 0 radical (unpaired) electrons. The van der Waals surface area contributed by atoms with Crippen molar-refractivity contribution in [2.75, 3.05) is 23.3 Å². The van der Waals surface area contributed by atoms with E-state index in [-0.39, 0.29) is 23.1 Å². The Bertz CT molecular complexity index is 968. The SMILES string of the molecule is CCc1cccc(NC(=O)C2CCN(c3cc(=O)n(C)c(=O)n3CC)CC2)c1. The lowest BCUT2D eigenvalue weighted by Crippen LogP contribution is -2.44. The molecule has 0 unspecified atom stereocenters. The Morgan fingerprint density at radius 3 is 2.50 bits per heavy atom. The molecule has 0 saturated carbocycles. The van der Waals surface area contributed by atoms with Gasteiger partial charge in [-0.2, -0.15) is 0 Å². The van der Waals surface area contributed by atoms with Gasteiger partial charge in [0.2, 0.25) is 5.91 Å². The third-order valence-electron chi connectivity index (χ3n) is 5.49. The standard InChI is InChI=1S/C21H28N4O3/c1-4-15-7-6-8-17(13-15)22-20(27)16-9-11-24(12-10-16)18-14-19(26)23(3)21(28)25(18)5-2/h6-8,13-14,16H,4-5,9-12H2,1-3H3,(H,22,27). The third kappa shape index (κ3) is 4.03. The minimum Gasteiger partial charge on any atom is -0.358 e. The second-order valence-electron chi connectivity index (χ2n) is 7.23. The Kier molecular flexibility index (Phi) is 6.02. The number of carbonyl (C=O) groups excluding carboxylic acids is 1. The van der Waals surface area contributed by atoms with E-state index in [1.165, 1.54) is 18.7 Å². The number of piperidine rings is 1. The number of hydrogen-bond acceptors (Lipinski definition) is 4. The number of anilines is 2. The summed E-state index contributed by atoms with van der Waals surface area (Å²) in [7, 11) is 1.49. The van der Waals surface area contributed by atoms with Crippen molar-refractivity contribution in [2.45, 2.75) is 39.7 Å². The molecule has 1 aromatic carbocycles. The third-order valence-corrected chi connectivity index (χ3v) is 5.49. The molecule has 1 N–H and O–H groups in total. The van der Waals surface area contributed by atoms with Gasteiger partial charge in [0, 0.05) is 44.4 Å². The fourth-order valence-electron chi connectivity index (χ4n) is 3.70. The van der Waals surface area contributed by atoms with Crippen LogP contribution in [0.3, 0.4) is 0 Å². The maximum absolute atomic E-state index is 12.6. The van der Waals surface area contributed by atoms with Crippen LogP contribution in [0.2, 0.25) is 0 Å². The number of nitrogens with zero attached hydrogens (tertiary/aromatic N) is 3. The Morgan fingerprint density at radius 1 is 1.14 bits per heavy atom. The van der Waals surface area contributed by atoms with Crippen LogP contribution in [0.15, 0.2) is 39.9 Å². The summed E-state index contributed by atoms with van der Waals surface area (Å²) in [5.74, 6) is 0.602. The van der Waals surface area contributed by atoms with Gasteiger partial charge in [-0.3, -0.25) is 18.7 Å². The monoisotopic (exact) mass is 384 g/mol. The number of rotatable bonds is 5. The average Bonchev–Trinajstić information content (AvgIpc) is 2.72. The van der Waals surface area contributed by atoms with Gasteiger partial charge in [-0.1, -0.05) is 19.1 Å². The first-order valence-electron chi connectivity index (χ1n) is 9.90. The van der Waals surface area contributed by atoms with Crippen molar-refractivity contribution in [2.24, 2.45) is 13.0 Å². The highest BCUT2D eigenvalue weighted by molar-refractivity contribution is 5.92. The van der Waals surface area contributed by atoms with Crippen molar-refractivity contribution >= 4 is 17.4 Å². The van der Waals surface area contributed by atoms with E-state index in [0.29, 0.717) is 38.3 Å². The number of aryl methyl sites for hydroxylation is 1. The molecule has 1 aliphatic heterocycles. The molecule has 1 amide bonds. The summed E-state index contributed by atoms with van der Waals surface area (Å²) < 4.78 is 2.73. The highest BCUT2D eigenvalue weighted by atomic mass is 16.2. The number of nitrogens with one attached hydrogen (secondary N) is 1. The molecule has 150 valence electrons. The molecule has 0 bridgehead atoms. The Morgan fingerprint density at radius 2 is 1.86 bits per heavy atom. The van der Waals surface area contributed by atoms with Crippen LogP contribution in [-0.4, -0.2) is 28.1 Å². The van der Waals surface area contributed by atoms with Crippen LogP contribution >= 0.6 is 0 Å². The van der Waals surface area contributed by atoms with E-state index in [0.717, 1.165) is 16.7 Å². The Hall–Kier alpha value is -2.83. The summed E-state index contributed by atoms with van der Waals surface area (Å²) in [6.07, 6.45) is 2.30. The molecule has 0 aliphatic carbocycles. The normalized spacial score (nSPS) is 14.9. The molecule has 1 saturated heterocycles. The van der Waals surface area contributed by atoms with Gasteiger partial charge in [-0.15, -0.1) is 0 Å². The van der Waals surface area contributed by atoms with Crippen molar-refractivity contribution in [3.63, 3.8) is 0 Å². The first-order chi connectivity index (χ1) is 13.4. The molecule has 2 heterocycles. The molecule has 2 aromatic rings. The zero-order chi connectivity index (χ0) is 20.3. The maximum Gasteiger partial charge on any atom is 0.332 e. The fraction of sp³-hybridized carbons (Fsp3) is 0.476. The lowest BCUT2D eigenvalue weighted by atomic mass is 9.95. The molecule has 1 aliphatic rings. The summed E-state index contributed by atoms with van der Waals surface area (Å²) >= 11 is 0. The van der Waals surface area contributed by atoms with Crippen LogP contribution in [0.5, 0.6) is 0 Å². The van der Waals surface area contributed by atoms with Crippen LogP contribution in [0.1, 0.15) is 32.3 Å². The van der Waals surface area contributed by atoms with E-state index in [4.69, 9.17) is 0 Å². The predicted molar refractivity (Wildman–Crippen MR) is 111 cm³/mol. The topological polar surface area (TPSA) is 76.3 Å². The maximum atomic E-state index is 12.6. The van der Waals surface area contributed by atoms with Crippen molar-refractivity contribution in [1.82, 2.24) is 9.13 Å². The summed E-state index contributed by atoms with van der Waals surface area (Å²) in [5, 5.41) is 3.02. The van der Waals surface area contributed by atoms with E-state index in [2.05, 4.69) is 12.2 Å². The minimum absolute atomic E-state index is 0.0322. The molecule has 0 atom stereocenters. The van der Waals surface area contributed by atoms with Gasteiger partial charge >= 0.3 is 5.69 Å². The van der Waals surface area contributed by atoms with Gasteiger partial charge in [-0.25, -0.2) is 4.79 Å². The minimum atomic E-state index is -0.305. The van der Waals surface area contributed by atoms with E-state index in [1.54, 1.807) is 4.57 Å². The summed E-state index contributed by atoms with van der Waals surface area (Å²) in [4.78, 5) is 39.1. The van der Waals surface area contributed by atoms with Gasteiger partial charge in [0.25, 0.3) is 5.56 Å². The van der Waals surface area contributed by atoms with Crippen molar-refractivity contribution in [1.29, 1.82) is 0 Å². The second kappa shape index (κ2) is 8.46. The molecular formula is C21H28N4O3. The van der Waals surface area contributed by atoms with E-state index >= 15 is 0 Å². The molecule has 3 rings (SSSR count). The van der Waals surface area contributed by atoms with Gasteiger partial charge < -0.3 is 10.2 Å². The number of hydrogen-bond donors (Lipinski definition) is 1. The molecule has 1 fully saturated rings. The van der Waals surface area contributed by atoms with Crippen LogP contribution in [0.25, 0.3) is 0 Å². The first kappa shape index (κ1) is 19.9. The summed E-state index contributed by atoms with van der Waals surface area (Å²) in [6, 6.07) is 9.43. The van der Waals surface area contributed by atoms with E-state index in [9.17, 15) is 14.4 Å². The lowest BCUT2D eigenvalue weighted by molar-refractivity contribution is -0.120. The summed E-state index contributed by atoms with van der Waals surface area (Å²) in [5.41, 5.74) is 1.41. The highest BCUT2D eigenvalue weighted by Gasteiger charge is 2.27. The van der Waals surface area contributed by atoms with Crippen LogP contribution < -0.4 is 21.5 Å². The van der Waals surface area contributed by atoms with Crippen molar-refractivity contribution in [3.05, 3.63) is 56.7 Å². The number of amides is 1. The van der Waals surface area contributed by atoms with Gasteiger partial charge in [0.1, 0.15) is 5.82 Å². The Labute approximate surface area is 164 Å². The zero-order valence-electron chi connectivity index (χ0n) is 16.8. The number of carbonyl (C=O) groups is 1. The van der Waals surface area contributed by atoms with Gasteiger partial charge in [0.05, 0.1) is 0 Å². The van der Waals surface area contributed by atoms with Crippen molar-refractivity contribution in [3.8, 4) is 0 Å². The zero-order valence-corrected chi connectivity index (χ0v) is 16.8. The van der Waals surface area contributed by atoms with Gasteiger partial charge in [-0.05, 0) is 43.9 Å². The lowest BCUT2D eigenvalue weighted by Gasteiger charge is -2.34. The quantitative estimate of drug-likeness (QED) is 0.855. The first-order valence-corrected chi connectivity index (χ1v) is 9.90. The summed E-state index contributed by atoms with van der Waals surface area (Å²) in [6.45, 7) is 5.75. The van der Waals surface area contributed by atoms with Crippen LogP contribution in [0, 0.1) is 5.92 Å². The van der Waals surface area contributed by atoms with E-state index < -0.39 is 0 Å². The smallest absolute Gasteiger partial charge is 0.332 e. The number of benzene rings is 1. The molecule has 7 nitrogen and oxygen atoms in total. The van der Waals surface area contributed by atoms with Gasteiger partial charge in [0.15, 0.2) is 0 Å². The largest absolute Gasteiger partial charge is 0.358 e. The van der Waals surface area contributed by atoms with Crippen molar-refractivity contribution < 1.29 is 4.79 Å². The second-order valence-corrected chi connectivity index (χ2v) is 7.23. The molecule has 0 spiro atoms. The van der Waals surface area contributed by atoms with E-state index in [1.807, 2.05) is 36.1 Å². The molecule has 28 heavy (non-hydrogen) atoms. The predicted octanol–water partition coefficient (Wildman–Crippen LogP) is 1.98. The van der Waals surface area contributed by atoms with Crippen LogP contribution in [0.4, 0.5) is 11.5 Å².